The summed E-state index contributed by atoms with van der Waals surface area (Å²) < 4.78 is 4.74. The van der Waals surface area contributed by atoms with Crippen molar-refractivity contribution in [3.63, 3.8) is 0 Å². The number of alkyl carbamates (subject to hydrolysis) is 1. The van der Waals surface area contributed by atoms with Gasteiger partial charge in [0.25, 0.3) is 11.8 Å². The van der Waals surface area contributed by atoms with Crippen molar-refractivity contribution in [2.45, 2.75) is 39.2 Å². The Hall–Kier alpha value is -2.38. The third kappa shape index (κ3) is 5.19. The zero-order chi connectivity index (χ0) is 16.7. The van der Waals surface area contributed by atoms with Crippen molar-refractivity contribution in [2.24, 2.45) is 5.92 Å². The summed E-state index contributed by atoms with van der Waals surface area (Å²) in [6.07, 6.45) is 0.877. The van der Waals surface area contributed by atoms with E-state index >= 15 is 0 Å². The molecule has 1 aliphatic rings. The molecule has 0 aromatic carbocycles. The van der Waals surface area contributed by atoms with E-state index in [0.29, 0.717) is 5.06 Å². The van der Waals surface area contributed by atoms with Crippen LogP contribution in [0.2, 0.25) is 0 Å². The summed E-state index contributed by atoms with van der Waals surface area (Å²) >= 11 is 0. The lowest BCUT2D eigenvalue weighted by Crippen LogP contribution is -2.46. The van der Waals surface area contributed by atoms with Crippen LogP contribution in [0.25, 0.3) is 0 Å². The Morgan fingerprint density at radius 3 is 2.41 bits per heavy atom. The highest BCUT2D eigenvalue weighted by Gasteiger charge is 2.35. The molecule has 1 aliphatic heterocycles. The lowest BCUT2D eigenvalue weighted by Gasteiger charge is -2.21. The predicted octanol–water partition coefficient (Wildman–Crippen LogP) is 0.920. The standard InChI is InChI=1S/C14H20N2O6/c1-4-7-21-14(20)15-10(8-9(2)3)13(19)22-16-11(17)5-6-12(16)18/h4,9-10H,1,5-8H2,2-3H3,(H,15,20)/t10-/m0/s1. The number of carbonyl (C=O) groups excluding carboxylic acids is 4. The highest BCUT2D eigenvalue weighted by molar-refractivity contribution is 6.01. The third-order valence-corrected chi connectivity index (χ3v) is 2.80. The minimum Gasteiger partial charge on any atom is -0.445 e. The van der Waals surface area contributed by atoms with Gasteiger partial charge in [0, 0.05) is 12.8 Å². The maximum Gasteiger partial charge on any atom is 0.408 e. The molecular formula is C14H20N2O6. The molecule has 1 atom stereocenters. The van der Waals surface area contributed by atoms with Crippen molar-refractivity contribution in [3.8, 4) is 0 Å². The van der Waals surface area contributed by atoms with Crippen LogP contribution >= 0.6 is 0 Å². The summed E-state index contributed by atoms with van der Waals surface area (Å²) in [5, 5.41) is 2.80. The van der Waals surface area contributed by atoms with Crippen molar-refractivity contribution in [3.05, 3.63) is 12.7 Å². The van der Waals surface area contributed by atoms with E-state index in [2.05, 4.69) is 11.9 Å². The first kappa shape index (κ1) is 17.7. The van der Waals surface area contributed by atoms with Crippen LogP contribution in [0, 0.1) is 5.92 Å². The van der Waals surface area contributed by atoms with Gasteiger partial charge in [-0.25, -0.2) is 9.59 Å². The van der Waals surface area contributed by atoms with Crippen molar-refractivity contribution in [1.82, 2.24) is 10.4 Å². The van der Waals surface area contributed by atoms with E-state index in [4.69, 9.17) is 9.57 Å². The van der Waals surface area contributed by atoms with Crippen LogP contribution in [0.15, 0.2) is 12.7 Å². The fourth-order valence-electron chi connectivity index (χ4n) is 1.82. The Kier molecular flexibility index (Phi) is 6.55. The highest BCUT2D eigenvalue weighted by atomic mass is 16.7. The average molecular weight is 312 g/mol. The van der Waals surface area contributed by atoms with Gasteiger partial charge >= 0.3 is 12.1 Å². The molecule has 1 fully saturated rings. The Morgan fingerprint density at radius 2 is 1.91 bits per heavy atom. The van der Waals surface area contributed by atoms with Gasteiger partial charge in [0.05, 0.1) is 0 Å². The predicted molar refractivity (Wildman–Crippen MR) is 75.1 cm³/mol. The van der Waals surface area contributed by atoms with E-state index in [0.717, 1.165) is 0 Å². The largest absolute Gasteiger partial charge is 0.445 e. The fraction of sp³-hybridized carbons (Fsp3) is 0.571. The van der Waals surface area contributed by atoms with Crippen LogP contribution in [-0.4, -0.2) is 41.6 Å². The van der Waals surface area contributed by atoms with Crippen molar-refractivity contribution in [1.29, 1.82) is 0 Å². The molecule has 0 saturated carbocycles. The number of hydroxylamine groups is 2. The number of ether oxygens (including phenoxy) is 1. The quantitative estimate of drug-likeness (QED) is 0.554. The molecule has 1 heterocycles. The number of nitrogens with zero attached hydrogens (tertiary/aromatic N) is 1. The maximum absolute atomic E-state index is 12.1. The second kappa shape index (κ2) is 8.16. The smallest absolute Gasteiger partial charge is 0.408 e. The van der Waals surface area contributed by atoms with Gasteiger partial charge in [-0.05, 0) is 12.3 Å². The molecule has 3 amide bonds. The lowest BCUT2D eigenvalue weighted by molar-refractivity contribution is -0.199. The molecule has 22 heavy (non-hydrogen) atoms. The Morgan fingerprint density at radius 1 is 1.32 bits per heavy atom. The molecule has 8 nitrogen and oxygen atoms in total. The molecule has 8 heteroatoms. The lowest BCUT2D eigenvalue weighted by atomic mass is 10.0. The molecule has 0 spiro atoms. The van der Waals surface area contributed by atoms with Crippen LogP contribution in [0.1, 0.15) is 33.1 Å². The molecule has 1 rings (SSSR count). The maximum atomic E-state index is 12.1. The van der Waals surface area contributed by atoms with Crippen LogP contribution < -0.4 is 5.32 Å². The van der Waals surface area contributed by atoms with Gasteiger partial charge in [0.2, 0.25) is 0 Å². The van der Waals surface area contributed by atoms with Crippen LogP contribution in [-0.2, 0) is 24.0 Å². The minimum absolute atomic E-state index is 0.00161. The Balaban J connectivity index is 2.67. The van der Waals surface area contributed by atoms with Gasteiger partial charge < -0.3 is 14.9 Å². The van der Waals surface area contributed by atoms with E-state index in [1.54, 1.807) is 0 Å². The van der Waals surface area contributed by atoms with Gasteiger partial charge in [0.1, 0.15) is 12.6 Å². The summed E-state index contributed by atoms with van der Waals surface area (Å²) in [5.41, 5.74) is 0. The first-order chi connectivity index (χ1) is 10.3. The number of carbonyl (C=O) groups is 4. The fourth-order valence-corrected chi connectivity index (χ4v) is 1.82. The molecule has 0 aromatic heterocycles. The summed E-state index contributed by atoms with van der Waals surface area (Å²) in [6.45, 7) is 7.10. The summed E-state index contributed by atoms with van der Waals surface area (Å²) in [5.74, 6) is -1.96. The molecule has 1 saturated heterocycles. The molecule has 0 radical (unpaired) electrons. The van der Waals surface area contributed by atoms with E-state index < -0.39 is 29.9 Å². The normalized spacial score (nSPS) is 15.7. The van der Waals surface area contributed by atoms with E-state index in [1.807, 2.05) is 13.8 Å². The van der Waals surface area contributed by atoms with Crippen molar-refractivity contribution >= 4 is 23.9 Å². The van der Waals surface area contributed by atoms with Gasteiger partial charge in [-0.15, -0.1) is 5.06 Å². The molecule has 0 aromatic rings. The van der Waals surface area contributed by atoms with Crippen molar-refractivity contribution in [2.75, 3.05) is 6.61 Å². The zero-order valence-corrected chi connectivity index (χ0v) is 12.7. The average Bonchev–Trinajstić information content (AvgIpc) is 2.75. The Bertz CT molecular complexity index is 458. The third-order valence-electron chi connectivity index (χ3n) is 2.80. The second-order valence-corrected chi connectivity index (χ2v) is 5.21. The zero-order valence-electron chi connectivity index (χ0n) is 12.7. The molecular weight excluding hydrogens is 292 g/mol. The summed E-state index contributed by atoms with van der Waals surface area (Å²) in [4.78, 5) is 51.3. The highest BCUT2D eigenvalue weighted by Crippen LogP contribution is 2.14. The van der Waals surface area contributed by atoms with Gasteiger partial charge in [-0.2, -0.15) is 0 Å². The number of hydrogen-bond acceptors (Lipinski definition) is 6. The number of hydrogen-bond donors (Lipinski definition) is 1. The Labute approximate surface area is 128 Å². The molecule has 0 bridgehead atoms. The molecule has 1 N–H and O–H groups in total. The van der Waals surface area contributed by atoms with E-state index in [1.165, 1.54) is 6.08 Å². The summed E-state index contributed by atoms with van der Waals surface area (Å²) in [7, 11) is 0. The second-order valence-electron chi connectivity index (χ2n) is 5.21. The number of rotatable bonds is 7. The van der Waals surface area contributed by atoms with Crippen LogP contribution in [0.4, 0.5) is 4.79 Å². The first-order valence-electron chi connectivity index (χ1n) is 6.97. The summed E-state index contributed by atoms with van der Waals surface area (Å²) in [6, 6.07) is -1.02. The molecule has 0 unspecified atom stereocenters. The number of amides is 3. The monoisotopic (exact) mass is 312 g/mol. The number of imide groups is 1. The van der Waals surface area contributed by atoms with Gasteiger partial charge in [0.15, 0.2) is 0 Å². The number of nitrogens with one attached hydrogen (secondary N) is 1. The van der Waals surface area contributed by atoms with Crippen LogP contribution in [0.5, 0.6) is 0 Å². The molecule has 0 aliphatic carbocycles. The van der Waals surface area contributed by atoms with Crippen molar-refractivity contribution < 1.29 is 28.8 Å². The van der Waals surface area contributed by atoms with E-state index in [9.17, 15) is 19.2 Å². The minimum atomic E-state index is -1.02. The van der Waals surface area contributed by atoms with Crippen LogP contribution in [0.3, 0.4) is 0 Å². The van der Waals surface area contributed by atoms with E-state index in [-0.39, 0.29) is 31.8 Å². The first-order valence-corrected chi connectivity index (χ1v) is 6.97. The van der Waals surface area contributed by atoms with Gasteiger partial charge in [-0.1, -0.05) is 26.5 Å². The SMILES string of the molecule is C=CCOC(=O)N[C@@H](CC(C)C)C(=O)ON1C(=O)CCC1=O. The molecule has 122 valence electrons. The topological polar surface area (TPSA) is 102 Å². The van der Waals surface area contributed by atoms with Gasteiger partial charge in [-0.3, -0.25) is 9.59 Å².